The maximum absolute atomic E-state index is 9.38. The zero-order chi connectivity index (χ0) is 9.14. The minimum atomic E-state index is 0. The van der Waals surface area contributed by atoms with Crippen LogP contribution < -0.4 is 5.32 Å². The summed E-state index contributed by atoms with van der Waals surface area (Å²) in [6, 6.07) is 3.77. The van der Waals surface area contributed by atoms with Crippen LogP contribution in [0.2, 0.25) is 0 Å². The minimum Gasteiger partial charge on any atom is -0.506 e. The average Bonchev–Trinajstić information content (AvgIpc) is 2.01. The molecule has 0 aliphatic carbocycles. The second kappa shape index (κ2) is 5.86. The highest BCUT2D eigenvalue weighted by Gasteiger charge is 2.04. The molecule has 0 heterocycles. The second-order valence-electron chi connectivity index (χ2n) is 2.44. The third-order valence-corrected chi connectivity index (χ3v) is 2.67. The molecule has 0 saturated heterocycles. The summed E-state index contributed by atoms with van der Waals surface area (Å²) in [5.74, 6) is 0.245. The molecular weight excluding hydrogens is 321 g/mol. The minimum absolute atomic E-state index is 0. The van der Waals surface area contributed by atoms with Crippen LogP contribution in [-0.4, -0.2) is 12.2 Å². The van der Waals surface area contributed by atoms with Gasteiger partial charge in [0.1, 0.15) is 5.75 Å². The fourth-order valence-electron chi connectivity index (χ4n) is 0.924. The van der Waals surface area contributed by atoms with Crippen LogP contribution in [0.4, 0.5) is 0 Å². The molecule has 1 aromatic carbocycles. The fourth-order valence-corrected chi connectivity index (χ4v) is 2.21. The van der Waals surface area contributed by atoms with Gasteiger partial charge in [-0.25, -0.2) is 0 Å². The number of phenolic OH excluding ortho intramolecular Hbond substituents is 1. The SMILES string of the molecule is CNCc1cc(Br)c(O)c(Br)c1.Cl. The van der Waals surface area contributed by atoms with Gasteiger partial charge < -0.3 is 10.4 Å². The molecule has 2 N–H and O–H groups in total. The lowest BCUT2D eigenvalue weighted by molar-refractivity contribution is 0.468. The molecule has 1 aromatic rings. The highest BCUT2D eigenvalue weighted by atomic mass is 79.9. The Hall–Kier alpha value is 0.230. The van der Waals surface area contributed by atoms with Gasteiger partial charge >= 0.3 is 0 Å². The fraction of sp³-hybridized carbons (Fsp3) is 0.250. The van der Waals surface area contributed by atoms with Crippen LogP contribution in [0.1, 0.15) is 5.56 Å². The van der Waals surface area contributed by atoms with Gasteiger partial charge in [-0.2, -0.15) is 0 Å². The topological polar surface area (TPSA) is 32.3 Å². The standard InChI is InChI=1S/C8H9Br2NO.ClH/c1-11-4-5-2-6(9)8(12)7(10)3-5;/h2-3,11-12H,4H2,1H3;1H. The first-order chi connectivity index (χ1) is 5.65. The van der Waals surface area contributed by atoms with Crippen molar-refractivity contribution < 1.29 is 5.11 Å². The van der Waals surface area contributed by atoms with Gasteiger partial charge in [0.15, 0.2) is 0 Å². The number of halogens is 3. The Morgan fingerprint density at radius 3 is 2.15 bits per heavy atom. The van der Waals surface area contributed by atoms with E-state index in [2.05, 4.69) is 37.2 Å². The number of nitrogens with one attached hydrogen (secondary N) is 1. The van der Waals surface area contributed by atoms with Gasteiger partial charge in [0.2, 0.25) is 0 Å². The largest absolute Gasteiger partial charge is 0.506 e. The highest BCUT2D eigenvalue weighted by Crippen LogP contribution is 2.33. The maximum Gasteiger partial charge on any atom is 0.143 e. The lowest BCUT2D eigenvalue weighted by Gasteiger charge is -2.04. The summed E-state index contributed by atoms with van der Waals surface area (Å²) in [6.07, 6.45) is 0. The van der Waals surface area contributed by atoms with Crippen LogP contribution in [0.15, 0.2) is 21.1 Å². The molecule has 0 atom stereocenters. The van der Waals surface area contributed by atoms with Crippen LogP contribution in [0, 0.1) is 0 Å². The van der Waals surface area contributed by atoms with Gasteiger partial charge in [-0.05, 0) is 56.6 Å². The molecule has 0 unspecified atom stereocenters. The lowest BCUT2D eigenvalue weighted by Crippen LogP contribution is -2.04. The Balaban J connectivity index is 0.00000144. The Kier molecular flexibility index (Phi) is 5.96. The highest BCUT2D eigenvalue weighted by molar-refractivity contribution is 9.11. The van der Waals surface area contributed by atoms with Crippen molar-refractivity contribution in [2.75, 3.05) is 7.05 Å². The molecule has 0 amide bonds. The van der Waals surface area contributed by atoms with E-state index in [1.165, 1.54) is 0 Å². The first-order valence-corrected chi connectivity index (χ1v) is 5.05. The summed E-state index contributed by atoms with van der Waals surface area (Å²) >= 11 is 6.52. The van der Waals surface area contributed by atoms with E-state index < -0.39 is 0 Å². The zero-order valence-electron chi connectivity index (χ0n) is 6.97. The van der Waals surface area contributed by atoms with Crippen molar-refractivity contribution in [1.29, 1.82) is 0 Å². The molecule has 0 spiro atoms. The van der Waals surface area contributed by atoms with E-state index in [1.807, 2.05) is 19.2 Å². The summed E-state index contributed by atoms with van der Waals surface area (Å²) in [7, 11) is 1.88. The third kappa shape index (κ3) is 3.46. The third-order valence-electron chi connectivity index (χ3n) is 1.46. The summed E-state index contributed by atoms with van der Waals surface area (Å²) in [5.41, 5.74) is 1.12. The van der Waals surface area contributed by atoms with Crippen molar-refractivity contribution in [3.8, 4) is 5.75 Å². The van der Waals surface area contributed by atoms with Gasteiger partial charge in [-0.15, -0.1) is 12.4 Å². The second-order valence-corrected chi connectivity index (χ2v) is 4.15. The van der Waals surface area contributed by atoms with E-state index in [4.69, 9.17) is 0 Å². The van der Waals surface area contributed by atoms with Crippen LogP contribution in [0.3, 0.4) is 0 Å². The predicted octanol–water partition coefficient (Wildman–Crippen LogP) is 3.06. The van der Waals surface area contributed by atoms with Crippen LogP contribution >= 0.6 is 44.3 Å². The smallest absolute Gasteiger partial charge is 0.143 e. The summed E-state index contributed by atoms with van der Waals surface area (Å²) < 4.78 is 1.42. The molecule has 0 saturated carbocycles. The molecule has 13 heavy (non-hydrogen) atoms. The monoisotopic (exact) mass is 329 g/mol. The molecule has 0 aromatic heterocycles. The molecule has 0 aliphatic rings. The summed E-state index contributed by atoms with van der Waals surface area (Å²) in [6.45, 7) is 0.789. The number of aromatic hydroxyl groups is 1. The normalized spacial score (nSPS) is 9.46. The van der Waals surface area contributed by atoms with Crippen LogP contribution in [-0.2, 0) is 6.54 Å². The van der Waals surface area contributed by atoms with E-state index >= 15 is 0 Å². The number of phenols is 1. The first-order valence-electron chi connectivity index (χ1n) is 3.46. The first kappa shape index (κ1) is 13.2. The Labute approximate surface area is 100 Å². The molecule has 5 heteroatoms. The van der Waals surface area contributed by atoms with Gasteiger partial charge in [-0.3, -0.25) is 0 Å². The van der Waals surface area contributed by atoms with E-state index in [0.717, 1.165) is 12.1 Å². The molecule has 1 rings (SSSR count). The van der Waals surface area contributed by atoms with Crippen LogP contribution in [0.25, 0.3) is 0 Å². The van der Waals surface area contributed by atoms with Crippen molar-refractivity contribution in [3.63, 3.8) is 0 Å². The number of hydrogen-bond acceptors (Lipinski definition) is 2. The molecule has 2 nitrogen and oxygen atoms in total. The van der Waals surface area contributed by atoms with Gasteiger partial charge in [0.25, 0.3) is 0 Å². The number of rotatable bonds is 2. The molecular formula is C8H10Br2ClNO. The van der Waals surface area contributed by atoms with Crippen molar-refractivity contribution in [2.45, 2.75) is 6.54 Å². The summed E-state index contributed by atoms with van der Waals surface area (Å²) in [4.78, 5) is 0. The lowest BCUT2D eigenvalue weighted by atomic mass is 10.2. The van der Waals surface area contributed by atoms with Crippen molar-refractivity contribution in [1.82, 2.24) is 5.32 Å². The van der Waals surface area contributed by atoms with Gasteiger partial charge in [0.05, 0.1) is 8.95 Å². The molecule has 0 radical (unpaired) electrons. The quantitative estimate of drug-likeness (QED) is 0.873. The summed E-state index contributed by atoms with van der Waals surface area (Å²) in [5, 5.41) is 12.4. The van der Waals surface area contributed by atoms with Crippen molar-refractivity contribution in [3.05, 3.63) is 26.6 Å². The van der Waals surface area contributed by atoms with E-state index in [-0.39, 0.29) is 18.2 Å². The molecule has 74 valence electrons. The average molecular weight is 331 g/mol. The Bertz CT molecular complexity index is 270. The molecule has 0 fully saturated rings. The maximum atomic E-state index is 9.38. The Morgan fingerprint density at radius 2 is 1.77 bits per heavy atom. The zero-order valence-corrected chi connectivity index (χ0v) is 11.0. The molecule has 0 bridgehead atoms. The van der Waals surface area contributed by atoms with E-state index in [9.17, 15) is 5.11 Å². The Morgan fingerprint density at radius 1 is 1.31 bits per heavy atom. The predicted molar refractivity (Wildman–Crippen MR) is 63.5 cm³/mol. The van der Waals surface area contributed by atoms with Crippen molar-refractivity contribution in [2.24, 2.45) is 0 Å². The number of hydrogen-bond donors (Lipinski definition) is 2. The van der Waals surface area contributed by atoms with Crippen LogP contribution in [0.5, 0.6) is 5.75 Å². The van der Waals surface area contributed by atoms with E-state index in [0.29, 0.717) is 8.95 Å². The number of benzene rings is 1. The van der Waals surface area contributed by atoms with E-state index in [1.54, 1.807) is 0 Å². The van der Waals surface area contributed by atoms with Gasteiger partial charge in [0, 0.05) is 6.54 Å². The molecule has 0 aliphatic heterocycles. The van der Waals surface area contributed by atoms with Crippen molar-refractivity contribution >= 4 is 44.3 Å². The van der Waals surface area contributed by atoms with Gasteiger partial charge in [-0.1, -0.05) is 0 Å².